The molecule has 3 heteroatoms. The van der Waals surface area contributed by atoms with Gasteiger partial charge in [0.05, 0.1) is 0 Å². The maximum absolute atomic E-state index is 6.12. The molecule has 0 amide bonds. The van der Waals surface area contributed by atoms with Gasteiger partial charge in [-0.15, -0.1) is 0 Å². The molecule has 1 aliphatic heterocycles. The van der Waals surface area contributed by atoms with E-state index in [1.807, 2.05) is 6.92 Å². The molecule has 1 aromatic rings. The van der Waals surface area contributed by atoms with Gasteiger partial charge in [0.1, 0.15) is 0 Å². The van der Waals surface area contributed by atoms with E-state index in [9.17, 15) is 0 Å². The number of halogens is 1. The summed E-state index contributed by atoms with van der Waals surface area (Å²) >= 11 is 6.12. The Bertz CT molecular complexity index is 351. The second kappa shape index (κ2) is 4.52. The number of hydrogen-bond donors (Lipinski definition) is 2. The SMILES string of the molecule is Cc1ccc(C2CCNCC2N)cc1Cl. The van der Waals surface area contributed by atoms with Crippen molar-refractivity contribution in [3.05, 3.63) is 34.3 Å². The molecule has 15 heavy (non-hydrogen) atoms. The number of aryl methyl sites for hydroxylation is 1. The number of rotatable bonds is 1. The van der Waals surface area contributed by atoms with Gasteiger partial charge in [-0.25, -0.2) is 0 Å². The Morgan fingerprint density at radius 3 is 2.93 bits per heavy atom. The van der Waals surface area contributed by atoms with Crippen LogP contribution in [0.5, 0.6) is 0 Å². The summed E-state index contributed by atoms with van der Waals surface area (Å²) < 4.78 is 0. The van der Waals surface area contributed by atoms with Crippen LogP contribution in [-0.4, -0.2) is 19.1 Å². The monoisotopic (exact) mass is 224 g/mol. The number of benzene rings is 1. The van der Waals surface area contributed by atoms with E-state index in [1.165, 1.54) is 5.56 Å². The second-order valence-electron chi connectivity index (χ2n) is 4.27. The smallest absolute Gasteiger partial charge is 0.0438 e. The van der Waals surface area contributed by atoms with Crippen molar-refractivity contribution in [3.8, 4) is 0 Å². The molecule has 0 aliphatic carbocycles. The Morgan fingerprint density at radius 1 is 1.47 bits per heavy atom. The summed E-state index contributed by atoms with van der Waals surface area (Å²) in [5, 5.41) is 4.15. The maximum atomic E-state index is 6.12. The van der Waals surface area contributed by atoms with Crippen LogP contribution < -0.4 is 11.1 Å². The molecule has 0 aromatic heterocycles. The largest absolute Gasteiger partial charge is 0.326 e. The minimum atomic E-state index is 0.206. The van der Waals surface area contributed by atoms with Gasteiger partial charge in [0.15, 0.2) is 0 Å². The fourth-order valence-electron chi connectivity index (χ4n) is 2.14. The first-order chi connectivity index (χ1) is 7.18. The van der Waals surface area contributed by atoms with Crippen molar-refractivity contribution >= 4 is 11.6 Å². The van der Waals surface area contributed by atoms with Gasteiger partial charge in [0.25, 0.3) is 0 Å². The van der Waals surface area contributed by atoms with E-state index in [4.69, 9.17) is 17.3 Å². The van der Waals surface area contributed by atoms with Crippen LogP contribution in [0.2, 0.25) is 5.02 Å². The van der Waals surface area contributed by atoms with E-state index < -0.39 is 0 Å². The Balaban J connectivity index is 2.24. The number of hydrogen-bond acceptors (Lipinski definition) is 2. The molecule has 0 bridgehead atoms. The van der Waals surface area contributed by atoms with Crippen molar-refractivity contribution in [1.29, 1.82) is 0 Å². The highest BCUT2D eigenvalue weighted by atomic mass is 35.5. The zero-order chi connectivity index (χ0) is 10.8. The summed E-state index contributed by atoms with van der Waals surface area (Å²) in [5.74, 6) is 0.448. The standard InChI is InChI=1S/C12H17ClN2/c1-8-2-3-9(6-11(8)13)10-4-5-15-7-12(10)14/h2-3,6,10,12,15H,4-5,7,14H2,1H3. The first kappa shape index (κ1) is 10.9. The van der Waals surface area contributed by atoms with Gasteiger partial charge in [-0.3, -0.25) is 0 Å². The van der Waals surface area contributed by atoms with Crippen LogP contribution in [0.25, 0.3) is 0 Å². The molecular weight excluding hydrogens is 208 g/mol. The third-order valence-electron chi connectivity index (χ3n) is 3.15. The predicted octanol–water partition coefficient (Wildman–Crippen LogP) is 2.05. The molecule has 2 unspecified atom stereocenters. The highest BCUT2D eigenvalue weighted by Crippen LogP contribution is 2.27. The van der Waals surface area contributed by atoms with Crippen LogP contribution in [0.1, 0.15) is 23.5 Å². The van der Waals surface area contributed by atoms with Crippen molar-refractivity contribution in [2.24, 2.45) is 5.73 Å². The van der Waals surface area contributed by atoms with Crippen molar-refractivity contribution in [2.45, 2.75) is 25.3 Å². The lowest BCUT2D eigenvalue weighted by Crippen LogP contribution is -2.44. The normalized spacial score (nSPS) is 26.6. The highest BCUT2D eigenvalue weighted by Gasteiger charge is 2.23. The minimum Gasteiger partial charge on any atom is -0.326 e. The Labute approximate surface area is 95.8 Å². The molecule has 0 radical (unpaired) electrons. The van der Waals surface area contributed by atoms with Gasteiger partial charge in [-0.05, 0) is 37.1 Å². The van der Waals surface area contributed by atoms with Gasteiger partial charge in [-0.1, -0.05) is 23.7 Å². The summed E-state index contributed by atoms with van der Waals surface area (Å²) in [6.45, 7) is 3.97. The molecule has 0 saturated carbocycles. The average molecular weight is 225 g/mol. The predicted molar refractivity (Wildman–Crippen MR) is 64.4 cm³/mol. The second-order valence-corrected chi connectivity index (χ2v) is 4.68. The van der Waals surface area contributed by atoms with Gasteiger partial charge in [0, 0.05) is 23.5 Å². The van der Waals surface area contributed by atoms with Crippen LogP contribution in [0, 0.1) is 6.92 Å². The number of nitrogens with two attached hydrogens (primary N) is 1. The molecule has 1 heterocycles. The molecule has 1 saturated heterocycles. The average Bonchev–Trinajstić information content (AvgIpc) is 2.23. The molecule has 0 spiro atoms. The van der Waals surface area contributed by atoms with Crippen LogP contribution in [0.3, 0.4) is 0 Å². The lowest BCUT2D eigenvalue weighted by molar-refractivity contribution is 0.403. The summed E-state index contributed by atoms with van der Waals surface area (Å²) in [4.78, 5) is 0. The molecular formula is C12H17ClN2. The van der Waals surface area contributed by atoms with Gasteiger partial charge in [0.2, 0.25) is 0 Å². The van der Waals surface area contributed by atoms with E-state index in [2.05, 4.69) is 23.5 Å². The fraction of sp³-hybridized carbons (Fsp3) is 0.500. The third-order valence-corrected chi connectivity index (χ3v) is 3.56. The Kier molecular flexibility index (Phi) is 3.29. The van der Waals surface area contributed by atoms with E-state index >= 15 is 0 Å². The van der Waals surface area contributed by atoms with Crippen molar-refractivity contribution in [1.82, 2.24) is 5.32 Å². The summed E-state index contributed by atoms with van der Waals surface area (Å²) in [6, 6.07) is 6.49. The molecule has 2 nitrogen and oxygen atoms in total. The molecule has 3 N–H and O–H groups in total. The lowest BCUT2D eigenvalue weighted by Gasteiger charge is -2.29. The van der Waals surface area contributed by atoms with Crippen LogP contribution in [0.4, 0.5) is 0 Å². The van der Waals surface area contributed by atoms with Gasteiger partial charge < -0.3 is 11.1 Å². The van der Waals surface area contributed by atoms with E-state index in [-0.39, 0.29) is 6.04 Å². The van der Waals surface area contributed by atoms with Crippen LogP contribution >= 0.6 is 11.6 Å². The molecule has 1 aromatic carbocycles. The molecule has 1 fully saturated rings. The van der Waals surface area contributed by atoms with Crippen molar-refractivity contribution in [3.63, 3.8) is 0 Å². The lowest BCUT2D eigenvalue weighted by atomic mass is 9.86. The zero-order valence-electron chi connectivity index (χ0n) is 8.96. The summed E-state index contributed by atoms with van der Waals surface area (Å²) in [5.41, 5.74) is 8.50. The maximum Gasteiger partial charge on any atom is 0.0438 e. The molecule has 1 aliphatic rings. The molecule has 2 atom stereocenters. The van der Waals surface area contributed by atoms with E-state index in [0.717, 1.165) is 30.1 Å². The minimum absolute atomic E-state index is 0.206. The van der Waals surface area contributed by atoms with E-state index in [0.29, 0.717) is 5.92 Å². The quantitative estimate of drug-likeness (QED) is 0.767. The van der Waals surface area contributed by atoms with Gasteiger partial charge in [-0.2, -0.15) is 0 Å². The molecule has 82 valence electrons. The van der Waals surface area contributed by atoms with E-state index in [1.54, 1.807) is 0 Å². The Morgan fingerprint density at radius 2 is 2.27 bits per heavy atom. The van der Waals surface area contributed by atoms with Crippen molar-refractivity contribution < 1.29 is 0 Å². The topological polar surface area (TPSA) is 38.0 Å². The number of piperidine rings is 1. The summed E-state index contributed by atoms with van der Waals surface area (Å²) in [7, 11) is 0. The van der Waals surface area contributed by atoms with Crippen LogP contribution in [-0.2, 0) is 0 Å². The third kappa shape index (κ3) is 2.33. The molecule has 2 rings (SSSR count). The first-order valence-corrected chi connectivity index (χ1v) is 5.78. The van der Waals surface area contributed by atoms with Crippen molar-refractivity contribution in [2.75, 3.05) is 13.1 Å². The Hall–Kier alpha value is -0.570. The highest BCUT2D eigenvalue weighted by molar-refractivity contribution is 6.31. The zero-order valence-corrected chi connectivity index (χ0v) is 9.72. The summed E-state index contributed by atoms with van der Waals surface area (Å²) in [6.07, 6.45) is 1.10. The number of nitrogens with one attached hydrogen (secondary N) is 1. The van der Waals surface area contributed by atoms with Crippen LogP contribution in [0.15, 0.2) is 18.2 Å². The fourth-order valence-corrected chi connectivity index (χ4v) is 2.33. The first-order valence-electron chi connectivity index (χ1n) is 5.41. The van der Waals surface area contributed by atoms with Gasteiger partial charge >= 0.3 is 0 Å².